The van der Waals surface area contributed by atoms with E-state index in [0.29, 0.717) is 23.5 Å². The Morgan fingerprint density at radius 3 is 2.59 bits per heavy atom. The van der Waals surface area contributed by atoms with Gasteiger partial charge in [-0.1, -0.05) is 17.7 Å². The minimum absolute atomic E-state index is 0.121. The molecule has 2 amide bonds. The van der Waals surface area contributed by atoms with Crippen molar-refractivity contribution in [2.45, 2.75) is 44.6 Å². The molecule has 7 nitrogen and oxygen atoms in total. The molecule has 0 spiro atoms. The third kappa shape index (κ3) is 5.48. The molecule has 8 heteroatoms. The number of rotatable bonds is 4. The van der Waals surface area contributed by atoms with E-state index >= 15 is 0 Å². The topological polar surface area (TPSA) is 72.0 Å². The van der Waals surface area contributed by atoms with Gasteiger partial charge in [-0.2, -0.15) is 0 Å². The first kappa shape index (κ1) is 19.7. The Kier molecular flexibility index (Phi) is 6.77. The molecule has 3 rings (SSSR count). The van der Waals surface area contributed by atoms with Crippen LogP contribution >= 0.6 is 11.6 Å². The lowest BCUT2D eigenvalue weighted by atomic mass is 9.88. The van der Waals surface area contributed by atoms with E-state index in [4.69, 9.17) is 21.1 Å². The summed E-state index contributed by atoms with van der Waals surface area (Å²) in [6.45, 7) is 2.05. The number of nitrogens with zero attached hydrogens (tertiary/aromatic N) is 3. The summed E-state index contributed by atoms with van der Waals surface area (Å²) in [5.41, 5.74) is 0. The maximum atomic E-state index is 12.3. The van der Waals surface area contributed by atoms with E-state index in [-0.39, 0.29) is 12.2 Å². The van der Waals surface area contributed by atoms with Gasteiger partial charge in [0.25, 0.3) is 0 Å². The van der Waals surface area contributed by atoms with Gasteiger partial charge in [-0.05, 0) is 56.6 Å². The second kappa shape index (κ2) is 9.26. The zero-order valence-corrected chi connectivity index (χ0v) is 16.4. The highest BCUT2D eigenvalue weighted by Crippen LogP contribution is 2.27. The summed E-state index contributed by atoms with van der Waals surface area (Å²) in [6, 6.07) is 5.10. The highest BCUT2D eigenvalue weighted by Gasteiger charge is 2.27. The van der Waals surface area contributed by atoms with Crippen LogP contribution in [0.15, 0.2) is 18.2 Å². The van der Waals surface area contributed by atoms with Crippen molar-refractivity contribution in [3.8, 4) is 0 Å². The lowest BCUT2D eigenvalue weighted by molar-refractivity contribution is 0.0476. The summed E-state index contributed by atoms with van der Waals surface area (Å²) in [5, 5.41) is 0.330. The first-order chi connectivity index (χ1) is 13.0. The van der Waals surface area contributed by atoms with Crippen LogP contribution in [0.3, 0.4) is 0 Å². The van der Waals surface area contributed by atoms with Crippen LogP contribution in [-0.4, -0.2) is 54.9 Å². The number of aromatic nitrogens is 1. The van der Waals surface area contributed by atoms with Crippen LogP contribution in [0.1, 0.15) is 38.5 Å². The molecule has 148 valence electrons. The standard InChI is InChI=1S/C19H26ClN3O4/c1-22(17-6-4-5-16(20)21-17)18(24)27-15-9-7-14(8-10-15)13-26-19(25)23-11-2-3-12-23/h4-6,14-15H,2-3,7-13H2,1H3. The zero-order valence-electron chi connectivity index (χ0n) is 15.6. The molecule has 1 aliphatic heterocycles. The van der Waals surface area contributed by atoms with Crippen molar-refractivity contribution in [3.05, 3.63) is 23.4 Å². The lowest BCUT2D eigenvalue weighted by Gasteiger charge is -2.29. The molecular weight excluding hydrogens is 370 g/mol. The largest absolute Gasteiger partial charge is 0.449 e. The molecule has 0 bridgehead atoms. The van der Waals surface area contributed by atoms with Crippen LogP contribution in [0, 0.1) is 5.92 Å². The van der Waals surface area contributed by atoms with Crippen molar-refractivity contribution < 1.29 is 19.1 Å². The van der Waals surface area contributed by atoms with Gasteiger partial charge in [-0.15, -0.1) is 0 Å². The SMILES string of the molecule is CN(C(=O)OC1CCC(COC(=O)N2CCCC2)CC1)c1cccc(Cl)n1. The average molecular weight is 396 g/mol. The van der Waals surface area contributed by atoms with E-state index in [0.717, 1.165) is 51.6 Å². The van der Waals surface area contributed by atoms with E-state index in [2.05, 4.69) is 4.98 Å². The third-order valence-corrected chi connectivity index (χ3v) is 5.40. The molecule has 2 aliphatic rings. The Labute approximate surface area is 164 Å². The predicted octanol–water partition coefficient (Wildman–Crippen LogP) is 4.10. The minimum Gasteiger partial charge on any atom is -0.449 e. The van der Waals surface area contributed by atoms with Crippen molar-refractivity contribution in [2.75, 3.05) is 31.6 Å². The Morgan fingerprint density at radius 2 is 1.93 bits per heavy atom. The fourth-order valence-corrected chi connectivity index (χ4v) is 3.66. The maximum Gasteiger partial charge on any atom is 0.415 e. The third-order valence-electron chi connectivity index (χ3n) is 5.19. The summed E-state index contributed by atoms with van der Waals surface area (Å²) < 4.78 is 11.0. The van der Waals surface area contributed by atoms with Crippen LogP contribution in [0.25, 0.3) is 0 Å². The van der Waals surface area contributed by atoms with E-state index in [1.165, 1.54) is 4.90 Å². The van der Waals surface area contributed by atoms with Crippen LogP contribution < -0.4 is 4.90 Å². The molecule has 2 fully saturated rings. The van der Waals surface area contributed by atoms with Gasteiger partial charge in [0.15, 0.2) is 0 Å². The average Bonchev–Trinajstić information content (AvgIpc) is 3.21. The first-order valence-electron chi connectivity index (χ1n) is 9.51. The molecule has 1 saturated carbocycles. The predicted molar refractivity (Wildman–Crippen MR) is 102 cm³/mol. The first-order valence-corrected chi connectivity index (χ1v) is 9.89. The number of carbonyl (C=O) groups is 2. The van der Waals surface area contributed by atoms with E-state index in [1.807, 2.05) is 0 Å². The molecule has 2 heterocycles. The van der Waals surface area contributed by atoms with Crippen molar-refractivity contribution in [2.24, 2.45) is 5.92 Å². The number of amides is 2. The van der Waals surface area contributed by atoms with Gasteiger partial charge in [0.1, 0.15) is 17.1 Å². The number of carbonyl (C=O) groups excluding carboxylic acids is 2. The number of ether oxygens (including phenoxy) is 2. The lowest BCUT2D eigenvalue weighted by Crippen LogP contribution is -2.34. The second-order valence-electron chi connectivity index (χ2n) is 7.18. The summed E-state index contributed by atoms with van der Waals surface area (Å²) in [7, 11) is 1.62. The molecular formula is C19H26ClN3O4. The molecule has 1 saturated heterocycles. The Morgan fingerprint density at radius 1 is 1.22 bits per heavy atom. The summed E-state index contributed by atoms with van der Waals surface area (Å²) in [5.74, 6) is 0.786. The monoisotopic (exact) mass is 395 g/mol. The van der Waals surface area contributed by atoms with Crippen molar-refractivity contribution in [3.63, 3.8) is 0 Å². The van der Waals surface area contributed by atoms with Gasteiger partial charge in [0.05, 0.1) is 6.61 Å². The molecule has 1 aromatic rings. The highest BCUT2D eigenvalue weighted by molar-refractivity contribution is 6.29. The van der Waals surface area contributed by atoms with Crippen molar-refractivity contribution in [1.29, 1.82) is 0 Å². The van der Waals surface area contributed by atoms with Gasteiger partial charge in [-0.25, -0.2) is 14.6 Å². The number of hydrogen-bond acceptors (Lipinski definition) is 5. The molecule has 0 atom stereocenters. The fourth-order valence-electron chi connectivity index (χ4n) is 3.50. The number of likely N-dealkylation sites (tertiary alicyclic amines) is 1. The van der Waals surface area contributed by atoms with Crippen molar-refractivity contribution in [1.82, 2.24) is 9.88 Å². The fraction of sp³-hybridized carbons (Fsp3) is 0.632. The quantitative estimate of drug-likeness (QED) is 0.717. The van der Waals surface area contributed by atoms with Gasteiger partial charge in [0.2, 0.25) is 0 Å². The summed E-state index contributed by atoms with van der Waals surface area (Å²) >= 11 is 5.87. The van der Waals surface area contributed by atoms with Gasteiger partial charge in [-0.3, -0.25) is 4.90 Å². The highest BCUT2D eigenvalue weighted by atomic mass is 35.5. The molecule has 0 unspecified atom stereocenters. The normalized spacial score (nSPS) is 22.4. The van der Waals surface area contributed by atoms with E-state index < -0.39 is 6.09 Å². The minimum atomic E-state index is -0.436. The summed E-state index contributed by atoms with van der Waals surface area (Å²) in [4.78, 5) is 31.5. The Hall–Kier alpha value is -2.02. The summed E-state index contributed by atoms with van der Waals surface area (Å²) in [6.07, 6.45) is 4.67. The molecule has 0 N–H and O–H groups in total. The number of pyridine rings is 1. The van der Waals surface area contributed by atoms with E-state index in [9.17, 15) is 9.59 Å². The number of anilines is 1. The van der Waals surface area contributed by atoms with Gasteiger partial charge in [0, 0.05) is 20.1 Å². The van der Waals surface area contributed by atoms with Crippen molar-refractivity contribution >= 4 is 29.6 Å². The maximum absolute atomic E-state index is 12.3. The zero-order chi connectivity index (χ0) is 19.2. The van der Waals surface area contributed by atoms with Crippen LogP contribution in [0.5, 0.6) is 0 Å². The van der Waals surface area contributed by atoms with Crippen LogP contribution in [-0.2, 0) is 9.47 Å². The molecule has 1 aromatic heterocycles. The number of hydrogen-bond donors (Lipinski definition) is 0. The molecule has 0 aromatic carbocycles. The Bertz CT molecular complexity index is 658. The Balaban J connectivity index is 1.38. The second-order valence-corrected chi connectivity index (χ2v) is 7.56. The van der Waals surface area contributed by atoms with Gasteiger partial charge >= 0.3 is 12.2 Å². The van der Waals surface area contributed by atoms with E-state index in [1.54, 1.807) is 30.1 Å². The number of halogens is 1. The molecule has 0 radical (unpaired) electrons. The van der Waals surface area contributed by atoms with Crippen LogP contribution in [0.2, 0.25) is 5.15 Å². The molecule has 27 heavy (non-hydrogen) atoms. The van der Waals surface area contributed by atoms with Gasteiger partial charge < -0.3 is 14.4 Å². The molecule has 1 aliphatic carbocycles. The van der Waals surface area contributed by atoms with Crippen LogP contribution in [0.4, 0.5) is 15.4 Å². The smallest absolute Gasteiger partial charge is 0.415 e.